The van der Waals surface area contributed by atoms with Gasteiger partial charge in [-0.1, -0.05) is 30.3 Å². The Morgan fingerprint density at radius 1 is 1.25 bits per heavy atom. The molecule has 1 fully saturated rings. The van der Waals surface area contributed by atoms with Gasteiger partial charge in [0.15, 0.2) is 6.10 Å². The van der Waals surface area contributed by atoms with E-state index in [-0.39, 0.29) is 12.1 Å². The second-order valence-corrected chi connectivity index (χ2v) is 4.92. The molecular formula is C13H16O3. The minimum Gasteiger partial charge on any atom is -0.458 e. The standard InChI is InChI=1S/C13H16O3/c1-13(2,3)16-12(14)11-10(15-11)9-7-5-4-6-8-9/h4-8,10-11H,1-3H3. The third kappa shape index (κ3) is 2.61. The van der Waals surface area contributed by atoms with Gasteiger partial charge >= 0.3 is 5.97 Å². The number of benzene rings is 1. The van der Waals surface area contributed by atoms with Crippen LogP contribution in [0.3, 0.4) is 0 Å². The van der Waals surface area contributed by atoms with Gasteiger partial charge in [-0.15, -0.1) is 0 Å². The van der Waals surface area contributed by atoms with Crippen molar-refractivity contribution in [2.24, 2.45) is 0 Å². The normalized spacial score (nSPS) is 23.9. The first-order valence-corrected chi connectivity index (χ1v) is 5.41. The molecule has 1 heterocycles. The summed E-state index contributed by atoms with van der Waals surface area (Å²) in [5, 5.41) is 0. The average molecular weight is 220 g/mol. The predicted octanol–water partition coefficient (Wildman–Crippen LogP) is 2.47. The van der Waals surface area contributed by atoms with Crippen molar-refractivity contribution >= 4 is 5.97 Å². The highest BCUT2D eigenvalue weighted by Crippen LogP contribution is 2.39. The number of ether oxygens (including phenoxy) is 2. The van der Waals surface area contributed by atoms with E-state index in [1.165, 1.54) is 0 Å². The molecule has 1 aromatic rings. The number of esters is 1. The van der Waals surface area contributed by atoms with E-state index in [1.807, 2.05) is 51.1 Å². The SMILES string of the molecule is CC(C)(C)OC(=O)C1OC1c1ccccc1. The molecule has 0 aliphatic carbocycles. The first-order chi connectivity index (χ1) is 7.47. The van der Waals surface area contributed by atoms with Crippen LogP contribution in [0.5, 0.6) is 0 Å². The van der Waals surface area contributed by atoms with Crippen LogP contribution in [0.4, 0.5) is 0 Å². The molecule has 1 aliphatic rings. The Kier molecular flexibility index (Phi) is 2.72. The summed E-state index contributed by atoms with van der Waals surface area (Å²) in [6.45, 7) is 5.56. The minimum atomic E-state index is -0.454. The zero-order chi connectivity index (χ0) is 11.8. The van der Waals surface area contributed by atoms with Crippen molar-refractivity contribution in [1.29, 1.82) is 0 Å². The maximum atomic E-state index is 11.7. The van der Waals surface area contributed by atoms with E-state index >= 15 is 0 Å². The monoisotopic (exact) mass is 220 g/mol. The molecule has 16 heavy (non-hydrogen) atoms. The molecule has 0 aromatic heterocycles. The fourth-order valence-electron chi connectivity index (χ4n) is 1.55. The number of carbonyl (C=O) groups excluding carboxylic acids is 1. The zero-order valence-electron chi connectivity index (χ0n) is 9.77. The van der Waals surface area contributed by atoms with E-state index in [1.54, 1.807) is 0 Å². The van der Waals surface area contributed by atoms with Crippen molar-refractivity contribution in [3.8, 4) is 0 Å². The lowest BCUT2D eigenvalue weighted by molar-refractivity contribution is -0.156. The van der Waals surface area contributed by atoms with Crippen LogP contribution in [0.1, 0.15) is 32.4 Å². The second-order valence-electron chi connectivity index (χ2n) is 4.92. The lowest BCUT2D eigenvalue weighted by Gasteiger charge is -2.18. The van der Waals surface area contributed by atoms with Gasteiger partial charge in [0.25, 0.3) is 0 Å². The number of rotatable bonds is 2. The largest absolute Gasteiger partial charge is 0.458 e. The average Bonchev–Trinajstić information content (AvgIpc) is 2.96. The number of hydrogen-bond donors (Lipinski definition) is 0. The van der Waals surface area contributed by atoms with Crippen molar-refractivity contribution in [1.82, 2.24) is 0 Å². The highest BCUT2D eigenvalue weighted by atomic mass is 16.6. The molecule has 1 saturated heterocycles. The van der Waals surface area contributed by atoms with Crippen LogP contribution in [-0.2, 0) is 14.3 Å². The van der Waals surface area contributed by atoms with Gasteiger partial charge in [-0.2, -0.15) is 0 Å². The third-order valence-electron chi connectivity index (χ3n) is 2.26. The van der Waals surface area contributed by atoms with Crippen LogP contribution >= 0.6 is 0 Å². The summed E-state index contributed by atoms with van der Waals surface area (Å²) in [6, 6.07) is 9.71. The lowest BCUT2D eigenvalue weighted by Crippen LogP contribution is -2.26. The van der Waals surface area contributed by atoms with Gasteiger partial charge in [-0.05, 0) is 26.3 Å². The summed E-state index contributed by atoms with van der Waals surface area (Å²) in [7, 11) is 0. The third-order valence-corrected chi connectivity index (χ3v) is 2.26. The Bertz CT molecular complexity index is 378. The molecule has 0 N–H and O–H groups in total. The Morgan fingerprint density at radius 2 is 1.88 bits per heavy atom. The fraction of sp³-hybridized carbons (Fsp3) is 0.462. The summed E-state index contributed by atoms with van der Waals surface area (Å²) in [4.78, 5) is 11.7. The molecule has 3 heteroatoms. The van der Waals surface area contributed by atoms with Gasteiger partial charge in [0.2, 0.25) is 0 Å². The highest BCUT2D eigenvalue weighted by Gasteiger charge is 2.48. The van der Waals surface area contributed by atoms with E-state index in [0.29, 0.717) is 0 Å². The summed E-state index contributed by atoms with van der Waals surface area (Å²) >= 11 is 0. The molecule has 0 bridgehead atoms. The van der Waals surface area contributed by atoms with Crippen LogP contribution in [0.15, 0.2) is 30.3 Å². The van der Waals surface area contributed by atoms with Crippen molar-refractivity contribution in [2.45, 2.75) is 38.6 Å². The zero-order valence-corrected chi connectivity index (χ0v) is 9.77. The van der Waals surface area contributed by atoms with Crippen molar-refractivity contribution in [3.63, 3.8) is 0 Å². The van der Waals surface area contributed by atoms with Crippen molar-refractivity contribution < 1.29 is 14.3 Å². The van der Waals surface area contributed by atoms with Crippen molar-refractivity contribution in [3.05, 3.63) is 35.9 Å². The summed E-state index contributed by atoms with van der Waals surface area (Å²) < 4.78 is 10.6. The molecule has 0 radical (unpaired) electrons. The smallest absolute Gasteiger partial charge is 0.338 e. The molecule has 3 nitrogen and oxygen atoms in total. The van der Waals surface area contributed by atoms with Gasteiger partial charge in [-0.3, -0.25) is 0 Å². The van der Waals surface area contributed by atoms with Crippen molar-refractivity contribution in [2.75, 3.05) is 0 Å². The topological polar surface area (TPSA) is 38.8 Å². The first-order valence-electron chi connectivity index (χ1n) is 5.41. The summed E-state index contributed by atoms with van der Waals surface area (Å²) in [5.74, 6) is -0.277. The molecule has 2 atom stereocenters. The van der Waals surface area contributed by atoms with E-state index in [4.69, 9.17) is 9.47 Å². The van der Waals surface area contributed by atoms with Gasteiger partial charge < -0.3 is 9.47 Å². The van der Waals surface area contributed by atoms with Gasteiger partial charge in [0, 0.05) is 0 Å². The lowest BCUT2D eigenvalue weighted by atomic mass is 10.1. The number of epoxide rings is 1. The Balaban J connectivity index is 1.95. The van der Waals surface area contributed by atoms with Crippen LogP contribution in [0.2, 0.25) is 0 Å². The Hall–Kier alpha value is -1.35. The Labute approximate surface area is 95.4 Å². The predicted molar refractivity (Wildman–Crippen MR) is 59.9 cm³/mol. The van der Waals surface area contributed by atoms with Crippen LogP contribution < -0.4 is 0 Å². The maximum absolute atomic E-state index is 11.7. The molecular weight excluding hydrogens is 204 g/mol. The molecule has 2 unspecified atom stereocenters. The van der Waals surface area contributed by atoms with Crippen LogP contribution in [0.25, 0.3) is 0 Å². The van der Waals surface area contributed by atoms with Gasteiger partial charge in [-0.25, -0.2) is 4.79 Å². The second kappa shape index (κ2) is 3.91. The van der Waals surface area contributed by atoms with E-state index in [2.05, 4.69) is 0 Å². The molecule has 0 spiro atoms. The number of carbonyl (C=O) groups is 1. The summed E-state index contributed by atoms with van der Waals surface area (Å²) in [5.41, 5.74) is 0.572. The van der Waals surface area contributed by atoms with Crippen LogP contribution in [0, 0.1) is 0 Å². The molecule has 1 aromatic carbocycles. The minimum absolute atomic E-state index is 0.129. The van der Waals surface area contributed by atoms with Gasteiger partial charge in [0.05, 0.1) is 0 Å². The van der Waals surface area contributed by atoms with Gasteiger partial charge in [0.1, 0.15) is 11.7 Å². The molecule has 0 saturated carbocycles. The molecule has 0 amide bonds. The molecule has 86 valence electrons. The van der Waals surface area contributed by atoms with E-state index in [9.17, 15) is 4.79 Å². The Morgan fingerprint density at radius 3 is 2.44 bits per heavy atom. The van der Waals surface area contributed by atoms with Crippen LogP contribution in [-0.4, -0.2) is 17.7 Å². The fourth-order valence-corrected chi connectivity index (χ4v) is 1.55. The quantitative estimate of drug-likeness (QED) is 0.567. The maximum Gasteiger partial charge on any atom is 0.338 e. The molecule has 1 aliphatic heterocycles. The summed E-state index contributed by atoms with van der Waals surface area (Å²) in [6.07, 6.45) is -0.558. The first kappa shape index (κ1) is 11.1. The number of hydrogen-bond acceptors (Lipinski definition) is 3. The molecule has 2 rings (SSSR count). The van der Waals surface area contributed by atoms with E-state index < -0.39 is 11.7 Å². The highest BCUT2D eigenvalue weighted by molar-refractivity contribution is 5.78. The van der Waals surface area contributed by atoms with E-state index in [0.717, 1.165) is 5.56 Å².